The minimum atomic E-state index is -0.930. The zero-order valence-corrected chi connectivity index (χ0v) is 14.6. The number of nitrogens with zero attached hydrogens (tertiary/aromatic N) is 2. The first kappa shape index (κ1) is 17.9. The summed E-state index contributed by atoms with van der Waals surface area (Å²) in [4.78, 5) is 15.8. The number of carbonyl (C=O) groups excluding carboxylic acids is 1. The van der Waals surface area contributed by atoms with Gasteiger partial charge in [0.1, 0.15) is 17.5 Å². The molecular weight excluding hydrogens is 353 g/mol. The highest BCUT2D eigenvalue weighted by molar-refractivity contribution is 6.43. The van der Waals surface area contributed by atoms with Crippen LogP contribution in [0.3, 0.4) is 0 Å². The van der Waals surface area contributed by atoms with E-state index in [2.05, 4.69) is 21.1 Å². The van der Waals surface area contributed by atoms with E-state index in [1.807, 2.05) is 0 Å². The van der Waals surface area contributed by atoms with E-state index < -0.39 is 6.16 Å². The van der Waals surface area contributed by atoms with Gasteiger partial charge in [0, 0.05) is 18.2 Å². The summed E-state index contributed by atoms with van der Waals surface area (Å²) in [6.45, 7) is 1.64. The molecule has 0 radical (unpaired) electrons. The third kappa shape index (κ3) is 3.23. The van der Waals surface area contributed by atoms with Gasteiger partial charge in [0.15, 0.2) is 5.75 Å². The predicted octanol–water partition coefficient (Wildman–Crippen LogP) is 4.42. The third-order valence-corrected chi connectivity index (χ3v) is 4.06. The van der Waals surface area contributed by atoms with Crippen LogP contribution in [0.2, 0.25) is 10.0 Å². The monoisotopic (exact) mass is 365 g/mol. The van der Waals surface area contributed by atoms with Crippen LogP contribution in [0.25, 0.3) is 11.1 Å². The fraction of sp³-hybridized carbons (Fsp3) is 0.188. The van der Waals surface area contributed by atoms with Crippen molar-refractivity contribution < 1.29 is 14.3 Å². The van der Waals surface area contributed by atoms with E-state index >= 15 is 0 Å². The van der Waals surface area contributed by atoms with Crippen molar-refractivity contribution in [3.63, 3.8) is 0 Å². The molecule has 1 aromatic carbocycles. The van der Waals surface area contributed by atoms with E-state index in [9.17, 15) is 10.1 Å². The third-order valence-electron chi connectivity index (χ3n) is 3.24. The van der Waals surface area contributed by atoms with Crippen molar-refractivity contribution in [3.05, 3.63) is 39.5 Å². The lowest BCUT2D eigenvalue weighted by atomic mass is 9.98. The van der Waals surface area contributed by atoms with E-state index in [0.717, 1.165) is 0 Å². The molecule has 0 aliphatic carbocycles. The number of ether oxygens (including phenoxy) is 2. The molecule has 0 aliphatic rings. The van der Waals surface area contributed by atoms with Gasteiger partial charge >= 0.3 is 6.16 Å². The van der Waals surface area contributed by atoms with Gasteiger partial charge in [-0.05, 0) is 13.0 Å². The number of hydrogen-bond acceptors (Lipinski definition) is 6. The van der Waals surface area contributed by atoms with Crippen LogP contribution in [-0.4, -0.2) is 25.3 Å². The molecule has 2 rings (SSSR count). The molecule has 1 N–H and O–H groups in total. The van der Waals surface area contributed by atoms with Crippen LogP contribution in [0, 0.1) is 18.3 Å². The summed E-state index contributed by atoms with van der Waals surface area (Å²) < 4.78 is 9.75. The van der Waals surface area contributed by atoms with E-state index in [4.69, 9.17) is 27.9 Å². The van der Waals surface area contributed by atoms with Gasteiger partial charge in [-0.2, -0.15) is 5.26 Å². The maximum atomic E-state index is 11.6. The Morgan fingerprint density at radius 3 is 2.67 bits per heavy atom. The van der Waals surface area contributed by atoms with Crippen molar-refractivity contribution >= 4 is 35.2 Å². The van der Waals surface area contributed by atoms with Crippen LogP contribution < -0.4 is 10.1 Å². The minimum absolute atomic E-state index is 0.0848. The lowest BCUT2D eigenvalue weighted by Gasteiger charge is -2.17. The number of nitriles is 1. The Kier molecular flexibility index (Phi) is 5.50. The summed E-state index contributed by atoms with van der Waals surface area (Å²) in [6.07, 6.45) is -0.930. The molecule has 6 nitrogen and oxygen atoms in total. The molecule has 124 valence electrons. The molecular formula is C16H13Cl2N3O3. The van der Waals surface area contributed by atoms with Crippen LogP contribution in [0.15, 0.2) is 18.2 Å². The number of nitrogens with one attached hydrogen (secondary N) is 1. The number of halogens is 2. The molecule has 0 spiro atoms. The highest BCUT2D eigenvalue weighted by Crippen LogP contribution is 2.43. The Balaban J connectivity index is 2.88. The van der Waals surface area contributed by atoms with Crippen molar-refractivity contribution in [2.24, 2.45) is 0 Å². The number of methoxy groups -OCH3 is 1. The second-order valence-corrected chi connectivity index (χ2v) is 5.43. The number of carbonyl (C=O) groups is 1. The Morgan fingerprint density at radius 1 is 1.38 bits per heavy atom. The fourth-order valence-corrected chi connectivity index (χ4v) is 2.58. The largest absolute Gasteiger partial charge is 0.513 e. The SMILES string of the molecule is CNc1nc(C)c(OC(=O)OC)c(-c2cccc(Cl)c2Cl)c1C#N. The number of aromatic nitrogens is 1. The molecule has 0 bridgehead atoms. The van der Waals surface area contributed by atoms with Crippen molar-refractivity contribution in [2.75, 3.05) is 19.5 Å². The number of rotatable bonds is 3. The van der Waals surface area contributed by atoms with Crippen LogP contribution in [0.5, 0.6) is 5.75 Å². The van der Waals surface area contributed by atoms with E-state index in [-0.39, 0.29) is 16.3 Å². The van der Waals surface area contributed by atoms with Gasteiger partial charge in [-0.1, -0.05) is 35.3 Å². The van der Waals surface area contributed by atoms with Crippen molar-refractivity contribution in [1.29, 1.82) is 5.26 Å². The number of pyridine rings is 1. The molecule has 2 aromatic rings. The zero-order valence-electron chi connectivity index (χ0n) is 13.1. The molecule has 1 aromatic heterocycles. The van der Waals surface area contributed by atoms with E-state index in [0.29, 0.717) is 27.7 Å². The lowest BCUT2D eigenvalue weighted by Crippen LogP contribution is -2.12. The van der Waals surface area contributed by atoms with Crippen LogP contribution in [-0.2, 0) is 4.74 Å². The molecule has 0 amide bonds. The van der Waals surface area contributed by atoms with Gasteiger partial charge < -0.3 is 14.8 Å². The van der Waals surface area contributed by atoms with Gasteiger partial charge in [0.05, 0.1) is 22.8 Å². The van der Waals surface area contributed by atoms with Crippen molar-refractivity contribution in [2.45, 2.75) is 6.92 Å². The first-order chi connectivity index (χ1) is 11.4. The van der Waals surface area contributed by atoms with Gasteiger partial charge in [-0.15, -0.1) is 0 Å². The Hall–Kier alpha value is -2.49. The molecule has 24 heavy (non-hydrogen) atoms. The summed E-state index contributed by atoms with van der Waals surface area (Å²) >= 11 is 12.4. The topological polar surface area (TPSA) is 84.2 Å². The summed E-state index contributed by atoms with van der Waals surface area (Å²) in [7, 11) is 2.82. The molecule has 0 saturated carbocycles. The first-order valence-electron chi connectivity index (χ1n) is 6.77. The molecule has 8 heteroatoms. The Bertz CT molecular complexity index is 847. The molecule has 1 heterocycles. The highest BCUT2D eigenvalue weighted by atomic mass is 35.5. The summed E-state index contributed by atoms with van der Waals surface area (Å²) in [5.41, 5.74) is 1.31. The Labute approximate surface area is 148 Å². The molecule has 0 atom stereocenters. The van der Waals surface area contributed by atoms with E-state index in [1.165, 1.54) is 7.11 Å². The van der Waals surface area contributed by atoms with E-state index in [1.54, 1.807) is 32.2 Å². The highest BCUT2D eigenvalue weighted by Gasteiger charge is 2.24. The number of benzene rings is 1. The molecule has 0 unspecified atom stereocenters. The summed E-state index contributed by atoms with van der Waals surface area (Å²) in [5.74, 6) is 0.417. The van der Waals surface area contributed by atoms with Gasteiger partial charge in [-0.3, -0.25) is 0 Å². The second-order valence-electron chi connectivity index (χ2n) is 4.64. The molecule has 0 aliphatic heterocycles. The average Bonchev–Trinajstić information content (AvgIpc) is 2.58. The smallest absolute Gasteiger partial charge is 0.437 e. The normalized spacial score (nSPS) is 10.0. The predicted molar refractivity (Wildman–Crippen MR) is 91.7 cm³/mol. The quantitative estimate of drug-likeness (QED) is 0.810. The summed E-state index contributed by atoms with van der Waals surface area (Å²) in [6, 6.07) is 7.03. The van der Waals surface area contributed by atoms with Gasteiger partial charge in [0.25, 0.3) is 0 Å². The fourth-order valence-electron chi connectivity index (χ4n) is 2.18. The molecule has 0 fully saturated rings. The Morgan fingerprint density at radius 2 is 2.08 bits per heavy atom. The van der Waals surface area contributed by atoms with Crippen molar-refractivity contribution in [3.8, 4) is 22.9 Å². The van der Waals surface area contributed by atoms with Gasteiger partial charge in [-0.25, -0.2) is 9.78 Å². The maximum absolute atomic E-state index is 11.6. The number of hydrogen-bond donors (Lipinski definition) is 1. The minimum Gasteiger partial charge on any atom is -0.437 e. The second kappa shape index (κ2) is 7.39. The van der Waals surface area contributed by atoms with Gasteiger partial charge in [0.2, 0.25) is 0 Å². The van der Waals surface area contributed by atoms with Crippen molar-refractivity contribution in [1.82, 2.24) is 4.98 Å². The van der Waals surface area contributed by atoms with Crippen LogP contribution in [0.1, 0.15) is 11.3 Å². The maximum Gasteiger partial charge on any atom is 0.513 e. The standard InChI is InChI=1S/C16H13Cl2N3O3/c1-8-14(24-16(22)23-3)12(10(7-19)15(20-2)21-8)9-5-4-6-11(17)13(9)18/h4-6H,1-3H3,(H,20,21). The first-order valence-corrected chi connectivity index (χ1v) is 7.52. The molecule has 0 saturated heterocycles. The average molecular weight is 366 g/mol. The lowest BCUT2D eigenvalue weighted by molar-refractivity contribution is 0.121. The summed E-state index contributed by atoms with van der Waals surface area (Å²) in [5, 5.41) is 13.0. The zero-order chi connectivity index (χ0) is 17.9. The number of anilines is 1. The number of aryl methyl sites for hydroxylation is 1. The van der Waals surface area contributed by atoms with Crippen LogP contribution in [0.4, 0.5) is 10.6 Å². The van der Waals surface area contributed by atoms with Crippen LogP contribution >= 0.6 is 23.2 Å².